The molecule has 0 saturated carbocycles. The van der Waals surface area contributed by atoms with Crippen molar-refractivity contribution in [3.63, 3.8) is 0 Å². The number of aromatic nitrogens is 1. The Kier molecular flexibility index (Phi) is 7.89. The average Bonchev–Trinajstić information content (AvgIpc) is 3.32. The summed E-state index contributed by atoms with van der Waals surface area (Å²) in [6.07, 6.45) is 2.91. The van der Waals surface area contributed by atoms with Gasteiger partial charge in [-0.1, -0.05) is 34.7 Å². The van der Waals surface area contributed by atoms with Gasteiger partial charge in [-0.2, -0.15) is 4.57 Å². The van der Waals surface area contributed by atoms with Crippen LogP contribution < -0.4 is 14.2 Å². The maximum absolute atomic E-state index is 12.4. The number of nitrogens with zero attached hydrogens (tertiary/aromatic N) is 2. The van der Waals surface area contributed by atoms with E-state index >= 15 is 0 Å². The minimum absolute atomic E-state index is 0.124. The highest BCUT2D eigenvalue weighted by molar-refractivity contribution is 9.11. The summed E-state index contributed by atoms with van der Waals surface area (Å²) in [5.41, 5.74) is 1.56. The number of thiazole rings is 1. The molecule has 3 aromatic rings. The highest BCUT2D eigenvalue weighted by Crippen LogP contribution is 2.48. The summed E-state index contributed by atoms with van der Waals surface area (Å²) in [7, 11) is -8.07. The second kappa shape index (κ2) is 10.3. The number of carbonyl (C=O) groups excluding carboxylic acids is 1. The number of nitrogens with one attached hydrogen (secondary N) is 1. The summed E-state index contributed by atoms with van der Waals surface area (Å²) in [5.74, 6) is -1.17. The standard InChI is InChI=1S/C19H17BrClN3O6S5/c1-34(26,27)22-16(25)10-24-13-8-15(20)32-19(13)33-18(24)9-17-23(5-2-6-35(28,29)30)12-7-11(21)3-4-14(12)31-17/h3-4,7-9H,2,5-6,10H2,1H3,(H-,22,25,28,29,30). The third kappa shape index (κ3) is 6.77. The Labute approximate surface area is 227 Å². The highest BCUT2D eigenvalue weighted by atomic mass is 79.9. The summed E-state index contributed by atoms with van der Waals surface area (Å²) < 4.78 is 61.9. The van der Waals surface area contributed by atoms with Crippen LogP contribution in [0.5, 0.6) is 0 Å². The van der Waals surface area contributed by atoms with Crippen LogP contribution in [0, 0.1) is 0 Å². The minimum Gasteiger partial charge on any atom is -0.748 e. The van der Waals surface area contributed by atoms with Crippen molar-refractivity contribution in [3.05, 3.63) is 43.1 Å². The van der Waals surface area contributed by atoms with Gasteiger partial charge < -0.3 is 9.45 Å². The number of hydrogen-bond acceptors (Lipinski definition) is 10. The van der Waals surface area contributed by atoms with Crippen molar-refractivity contribution < 1.29 is 30.7 Å². The molecule has 0 spiro atoms. The van der Waals surface area contributed by atoms with E-state index in [4.69, 9.17) is 11.6 Å². The van der Waals surface area contributed by atoms with E-state index in [0.29, 0.717) is 10.0 Å². The molecule has 0 atom stereocenters. The molecule has 9 nitrogen and oxygen atoms in total. The number of amides is 1. The number of thiophene rings is 1. The molecule has 35 heavy (non-hydrogen) atoms. The van der Waals surface area contributed by atoms with Crippen LogP contribution in [0.4, 0.5) is 5.69 Å². The first kappa shape index (κ1) is 26.9. The van der Waals surface area contributed by atoms with Gasteiger partial charge in [-0.25, -0.2) is 21.6 Å². The molecule has 188 valence electrons. The predicted octanol–water partition coefficient (Wildman–Crippen LogP) is 3.59. The Hall–Kier alpha value is -1.20. The molecule has 1 aliphatic rings. The van der Waals surface area contributed by atoms with Crippen molar-refractivity contribution in [2.45, 2.75) is 17.9 Å². The van der Waals surface area contributed by atoms with Gasteiger partial charge in [-0.05, 0) is 40.5 Å². The Bertz CT molecular complexity index is 1560. The fourth-order valence-electron chi connectivity index (χ4n) is 3.44. The molecule has 1 N–H and O–H groups in total. The Balaban J connectivity index is 1.73. The van der Waals surface area contributed by atoms with Crippen molar-refractivity contribution in [1.29, 1.82) is 0 Å². The van der Waals surface area contributed by atoms with Gasteiger partial charge in [-0.3, -0.25) is 4.79 Å². The van der Waals surface area contributed by atoms with Crippen LogP contribution in [0.1, 0.15) is 11.4 Å². The van der Waals surface area contributed by atoms with Gasteiger partial charge in [0.2, 0.25) is 22.1 Å². The van der Waals surface area contributed by atoms with Gasteiger partial charge >= 0.3 is 0 Å². The molecule has 3 heterocycles. The van der Waals surface area contributed by atoms with Crippen molar-refractivity contribution in [2.75, 3.05) is 23.5 Å². The molecule has 0 unspecified atom stereocenters. The van der Waals surface area contributed by atoms with Crippen LogP contribution in [0.2, 0.25) is 5.02 Å². The maximum atomic E-state index is 12.4. The molecule has 1 amide bonds. The average molecular weight is 659 g/mol. The normalized spacial score (nSPS) is 15.2. The topological polar surface area (TPSA) is 128 Å². The van der Waals surface area contributed by atoms with Crippen molar-refractivity contribution >= 4 is 109 Å². The van der Waals surface area contributed by atoms with E-state index in [2.05, 4.69) is 15.9 Å². The largest absolute Gasteiger partial charge is 0.748 e. The number of carbonyl (C=O) groups is 1. The molecular formula is C19H17BrClN3O6S5. The zero-order valence-electron chi connectivity index (χ0n) is 17.9. The van der Waals surface area contributed by atoms with Crippen LogP contribution in [0.3, 0.4) is 0 Å². The molecular weight excluding hydrogens is 642 g/mol. The van der Waals surface area contributed by atoms with E-state index in [1.54, 1.807) is 16.7 Å². The van der Waals surface area contributed by atoms with Crippen molar-refractivity contribution in [3.8, 4) is 0 Å². The van der Waals surface area contributed by atoms with Gasteiger partial charge in [-0.15, -0.1) is 11.3 Å². The Morgan fingerprint density at radius 1 is 1.26 bits per heavy atom. The minimum atomic E-state index is -4.35. The fourth-order valence-corrected chi connectivity index (χ4v) is 8.99. The van der Waals surface area contributed by atoms with Gasteiger partial charge in [0.25, 0.3) is 10.9 Å². The second-order valence-electron chi connectivity index (χ2n) is 7.51. The lowest BCUT2D eigenvalue weighted by atomic mass is 10.2. The lowest BCUT2D eigenvalue weighted by molar-refractivity contribution is -0.655. The van der Waals surface area contributed by atoms with E-state index < -0.39 is 31.8 Å². The van der Waals surface area contributed by atoms with Gasteiger partial charge in [0, 0.05) is 28.3 Å². The first-order valence-electron chi connectivity index (χ1n) is 9.81. The third-order valence-corrected chi connectivity index (χ3v) is 10.3. The van der Waals surface area contributed by atoms with Gasteiger partial charge in [0.1, 0.15) is 0 Å². The Morgan fingerprint density at radius 3 is 2.69 bits per heavy atom. The summed E-state index contributed by atoms with van der Waals surface area (Å²) >= 11 is 14.0. The number of rotatable bonds is 8. The monoisotopic (exact) mass is 657 g/mol. The molecule has 0 bridgehead atoms. The first-order chi connectivity index (χ1) is 16.3. The zero-order chi connectivity index (χ0) is 25.5. The summed E-state index contributed by atoms with van der Waals surface area (Å²) in [6, 6.07) is 7.25. The molecule has 1 aromatic carbocycles. The van der Waals surface area contributed by atoms with E-state index in [9.17, 15) is 26.2 Å². The zero-order valence-corrected chi connectivity index (χ0v) is 24.3. The quantitative estimate of drug-likeness (QED) is 0.288. The number of benzene rings is 1. The van der Waals surface area contributed by atoms with Gasteiger partial charge in [0.15, 0.2) is 4.01 Å². The number of thioether (sulfide) groups is 1. The highest BCUT2D eigenvalue weighted by Gasteiger charge is 2.30. The van der Waals surface area contributed by atoms with E-state index in [0.717, 1.165) is 35.2 Å². The van der Waals surface area contributed by atoms with E-state index in [1.165, 1.54) is 34.4 Å². The van der Waals surface area contributed by atoms with Crippen LogP contribution in [-0.4, -0.2) is 45.8 Å². The first-order valence-corrected chi connectivity index (χ1v) is 16.9. The molecule has 1 aliphatic heterocycles. The lowest BCUT2D eigenvalue weighted by Crippen LogP contribution is -2.45. The molecule has 16 heteroatoms. The number of halogens is 2. The fraction of sp³-hybridized carbons (Fsp3) is 0.263. The Morgan fingerprint density at radius 2 is 2.00 bits per heavy atom. The van der Waals surface area contributed by atoms with Crippen LogP contribution in [0.15, 0.2) is 38.0 Å². The van der Waals surface area contributed by atoms with E-state index in [1.807, 2.05) is 27.8 Å². The molecule has 0 radical (unpaired) electrons. The molecule has 0 fully saturated rings. The predicted molar refractivity (Wildman–Crippen MR) is 142 cm³/mol. The number of sulfonamides is 1. The molecule has 2 aromatic heterocycles. The number of fused-ring (bicyclic) bond motifs is 2. The van der Waals surface area contributed by atoms with Crippen molar-refractivity contribution in [2.24, 2.45) is 0 Å². The lowest BCUT2D eigenvalue weighted by Gasteiger charge is -2.20. The van der Waals surface area contributed by atoms with Crippen molar-refractivity contribution in [1.82, 2.24) is 4.72 Å². The number of anilines is 1. The molecule has 0 aliphatic carbocycles. The summed E-state index contributed by atoms with van der Waals surface area (Å²) in [5, 5.41) is 1.97. The van der Waals surface area contributed by atoms with Crippen LogP contribution in [-0.2, 0) is 31.5 Å². The molecule has 0 saturated heterocycles. The van der Waals surface area contributed by atoms with E-state index in [-0.39, 0.29) is 19.5 Å². The van der Waals surface area contributed by atoms with Crippen LogP contribution in [0.25, 0.3) is 15.6 Å². The smallest absolute Gasteiger partial charge is 0.299 e. The summed E-state index contributed by atoms with van der Waals surface area (Å²) in [4.78, 5) is 15.2. The molecule has 4 rings (SSSR count). The number of hydrogen-bond donors (Lipinski definition) is 1. The van der Waals surface area contributed by atoms with Gasteiger partial charge in [0.05, 0.1) is 37.0 Å². The van der Waals surface area contributed by atoms with Crippen LogP contribution >= 0.6 is 62.0 Å². The second-order valence-corrected chi connectivity index (χ2v) is 16.0. The maximum Gasteiger partial charge on any atom is 0.299 e. The third-order valence-electron chi connectivity index (χ3n) is 4.72. The SMILES string of the molecule is CS(=O)(=O)NC(=O)C[n+]1c(C=C2Sc3ccc(Cl)cc3N2CCCS(=O)(=O)[O-])sc2sc(Br)cc21. The summed E-state index contributed by atoms with van der Waals surface area (Å²) in [6.45, 7) is 0.0563.